The summed E-state index contributed by atoms with van der Waals surface area (Å²) in [6, 6.07) is 10.9. The number of nitrogens with zero attached hydrogens (tertiary/aromatic N) is 2. The minimum absolute atomic E-state index is 0.176. The third-order valence-electron chi connectivity index (χ3n) is 2.78. The van der Waals surface area contributed by atoms with Crippen molar-refractivity contribution in [2.75, 3.05) is 18.6 Å². The zero-order valence-corrected chi connectivity index (χ0v) is 12.9. The van der Waals surface area contributed by atoms with Crippen LogP contribution in [0.15, 0.2) is 47.1 Å². The normalized spacial score (nSPS) is 10.2. The van der Waals surface area contributed by atoms with Crippen LogP contribution in [0.25, 0.3) is 0 Å². The fourth-order valence-electron chi connectivity index (χ4n) is 1.80. The van der Waals surface area contributed by atoms with Crippen LogP contribution < -0.4 is 9.64 Å². The van der Waals surface area contributed by atoms with Crippen molar-refractivity contribution in [3.8, 4) is 5.75 Å². The zero-order chi connectivity index (χ0) is 14.5. The number of halogens is 1. The number of hydrogen-bond acceptors (Lipinski definition) is 3. The smallest absolute Gasteiger partial charge is 0.276 e. The van der Waals surface area contributed by atoms with Crippen molar-refractivity contribution >= 4 is 27.5 Å². The van der Waals surface area contributed by atoms with E-state index in [0.29, 0.717) is 18.1 Å². The highest BCUT2D eigenvalue weighted by atomic mass is 79.9. The Kier molecular flexibility index (Phi) is 4.74. The fraction of sp³-hybridized carbons (Fsp3) is 0.200. The molecule has 0 N–H and O–H groups in total. The van der Waals surface area contributed by atoms with Crippen LogP contribution in [-0.2, 0) is 0 Å². The molecule has 1 heterocycles. The van der Waals surface area contributed by atoms with Gasteiger partial charge in [-0.25, -0.2) is 4.98 Å². The Hall–Kier alpha value is -1.88. The highest BCUT2D eigenvalue weighted by molar-refractivity contribution is 9.10. The molecule has 20 heavy (non-hydrogen) atoms. The SMILES string of the molecule is CCOc1ccccc1N(C)C(=O)c1ccc(Br)cn1. The molecule has 0 atom stereocenters. The monoisotopic (exact) mass is 334 g/mol. The number of ether oxygens (including phenoxy) is 1. The largest absolute Gasteiger partial charge is 0.492 e. The summed E-state index contributed by atoms with van der Waals surface area (Å²) < 4.78 is 6.38. The van der Waals surface area contributed by atoms with Crippen molar-refractivity contribution in [3.05, 3.63) is 52.8 Å². The van der Waals surface area contributed by atoms with Gasteiger partial charge in [-0.1, -0.05) is 12.1 Å². The van der Waals surface area contributed by atoms with Gasteiger partial charge in [0.2, 0.25) is 0 Å². The molecule has 1 aromatic heterocycles. The molecule has 0 aliphatic rings. The maximum absolute atomic E-state index is 12.4. The molecule has 0 saturated heterocycles. The number of carbonyl (C=O) groups excluding carboxylic acids is 1. The third kappa shape index (κ3) is 3.17. The lowest BCUT2D eigenvalue weighted by molar-refractivity contribution is 0.0987. The Morgan fingerprint density at radius 3 is 2.70 bits per heavy atom. The molecule has 2 rings (SSSR count). The van der Waals surface area contributed by atoms with Gasteiger partial charge in [0.1, 0.15) is 11.4 Å². The average Bonchev–Trinajstić information content (AvgIpc) is 2.47. The van der Waals surface area contributed by atoms with Gasteiger partial charge < -0.3 is 9.64 Å². The molecule has 1 aromatic carbocycles. The number of carbonyl (C=O) groups is 1. The molecule has 4 nitrogen and oxygen atoms in total. The first kappa shape index (κ1) is 14.5. The third-order valence-corrected chi connectivity index (χ3v) is 3.25. The summed E-state index contributed by atoms with van der Waals surface area (Å²) in [6.07, 6.45) is 1.61. The Morgan fingerprint density at radius 1 is 1.30 bits per heavy atom. The van der Waals surface area contributed by atoms with E-state index in [0.717, 1.165) is 10.2 Å². The molecule has 104 valence electrons. The van der Waals surface area contributed by atoms with Crippen LogP contribution in [-0.4, -0.2) is 24.5 Å². The van der Waals surface area contributed by atoms with E-state index in [2.05, 4.69) is 20.9 Å². The van der Waals surface area contributed by atoms with Crippen molar-refractivity contribution in [2.24, 2.45) is 0 Å². The molecule has 0 radical (unpaired) electrons. The Morgan fingerprint density at radius 2 is 2.05 bits per heavy atom. The number of hydrogen-bond donors (Lipinski definition) is 0. The van der Waals surface area contributed by atoms with Crippen molar-refractivity contribution in [1.29, 1.82) is 0 Å². The summed E-state index contributed by atoms with van der Waals surface area (Å²) in [7, 11) is 1.71. The van der Waals surface area contributed by atoms with E-state index in [1.54, 1.807) is 30.3 Å². The lowest BCUT2D eigenvalue weighted by Gasteiger charge is -2.20. The number of rotatable bonds is 4. The second kappa shape index (κ2) is 6.52. The van der Waals surface area contributed by atoms with Crippen LogP contribution in [0.4, 0.5) is 5.69 Å². The van der Waals surface area contributed by atoms with E-state index < -0.39 is 0 Å². The number of pyridine rings is 1. The lowest BCUT2D eigenvalue weighted by Crippen LogP contribution is -2.27. The van der Waals surface area contributed by atoms with Gasteiger partial charge in [-0.3, -0.25) is 4.79 Å². The minimum atomic E-state index is -0.176. The van der Waals surface area contributed by atoms with Crippen molar-refractivity contribution < 1.29 is 9.53 Å². The Bertz CT molecular complexity index is 599. The van der Waals surface area contributed by atoms with E-state index in [1.807, 2.05) is 31.2 Å². The summed E-state index contributed by atoms with van der Waals surface area (Å²) in [5.74, 6) is 0.507. The van der Waals surface area contributed by atoms with Crippen molar-refractivity contribution in [3.63, 3.8) is 0 Å². The first-order valence-corrected chi connectivity index (χ1v) is 7.04. The second-order valence-electron chi connectivity index (χ2n) is 4.13. The molecule has 5 heteroatoms. The van der Waals surface area contributed by atoms with Crippen LogP contribution in [0.2, 0.25) is 0 Å². The molecule has 1 amide bonds. The van der Waals surface area contributed by atoms with Gasteiger partial charge in [0, 0.05) is 17.7 Å². The second-order valence-corrected chi connectivity index (χ2v) is 5.04. The molecule has 0 saturated carbocycles. The summed E-state index contributed by atoms with van der Waals surface area (Å²) in [5.41, 5.74) is 1.12. The number of para-hydroxylation sites is 2. The van der Waals surface area contributed by atoms with Gasteiger partial charge in [-0.15, -0.1) is 0 Å². The molecular formula is C15H15BrN2O2. The number of benzene rings is 1. The van der Waals surface area contributed by atoms with E-state index in [1.165, 1.54) is 0 Å². The highest BCUT2D eigenvalue weighted by Gasteiger charge is 2.17. The Balaban J connectivity index is 2.28. The first-order valence-electron chi connectivity index (χ1n) is 6.25. The molecule has 0 unspecified atom stereocenters. The van der Waals surface area contributed by atoms with Gasteiger partial charge in [-0.05, 0) is 47.1 Å². The number of aromatic nitrogens is 1. The van der Waals surface area contributed by atoms with Gasteiger partial charge >= 0.3 is 0 Å². The van der Waals surface area contributed by atoms with Gasteiger partial charge in [0.15, 0.2) is 0 Å². The predicted molar refractivity (Wildman–Crippen MR) is 82.3 cm³/mol. The van der Waals surface area contributed by atoms with E-state index in [4.69, 9.17) is 4.74 Å². The van der Waals surface area contributed by atoms with Crippen molar-refractivity contribution in [1.82, 2.24) is 4.98 Å². The average molecular weight is 335 g/mol. The van der Waals surface area contributed by atoms with Crippen LogP contribution in [0.3, 0.4) is 0 Å². The van der Waals surface area contributed by atoms with Gasteiger partial charge in [0.25, 0.3) is 5.91 Å². The van der Waals surface area contributed by atoms with Crippen LogP contribution in [0, 0.1) is 0 Å². The number of anilines is 1. The molecule has 0 bridgehead atoms. The number of amides is 1. The lowest BCUT2D eigenvalue weighted by atomic mass is 10.2. The zero-order valence-electron chi connectivity index (χ0n) is 11.3. The quantitative estimate of drug-likeness (QED) is 0.859. The Labute approximate surface area is 126 Å². The van der Waals surface area contributed by atoms with Crippen LogP contribution >= 0.6 is 15.9 Å². The summed E-state index contributed by atoms with van der Waals surface area (Å²) in [5, 5.41) is 0. The summed E-state index contributed by atoms with van der Waals surface area (Å²) in [6.45, 7) is 2.46. The maximum Gasteiger partial charge on any atom is 0.276 e. The molecule has 2 aromatic rings. The molecule has 0 spiro atoms. The standard InChI is InChI=1S/C15H15BrN2O2/c1-3-20-14-7-5-4-6-13(14)18(2)15(19)12-9-8-11(16)10-17-12/h4-10H,3H2,1-2H3. The van der Waals surface area contributed by atoms with Crippen LogP contribution in [0.5, 0.6) is 5.75 Å². The van der Waals surface area contributed by atoms with Crippen LogP contribution in [0.1, 0.15) is 17.4 Å². The minimum Gasteiger partial charge on any atom is -0.492 e. The van der Waals surface area contributed by atoms with Gasteiger partial charge in [0.05, 0.1) is 12.3 Å². The van der Waals surface area contributed by atoms with Crippen molar-refractivity contribution in [2.45, 2.75) is 6.92 Å². The summed E-state index contributed by atoms with van der Waals surface area (Å²) in [4.78, 5) is 18.1. The molecule has 0 fully saturated rings. The predicted octanol–water partition coefficient (Wildman–Crippen LogP) is 3.52. The summed E-state index contributed by atoms with van der Waals surface area (Å²) >= 11 is 3.30. The topological polar surface area (TPSA) is 42.4 Å². The highest BCUT2D eigenvalue weighted by Crippen LogP contribution is 2.28. The van der Waals surface area contributed by atoms with E-state index in [-0.39, 0.29) is 5.91 Å². The van der Waals surface area contributed by atoms with E-state index in [9.17, 15) is 4.79 Å². The maximum atomic E-state index is 12.4. The molecule has 0 aliphatic heterocycles. The van der Waals surface area contributed by atoms with Gasteiger partial charge in [-0.2, -0.15) is 0 Å². The molecular weight excluding hydrogens is 320 g/mol. The van der Waals surface area contributed by atoms with E-state index >= 15 is 0 Å². The molecule has 0 aliphatic carbocycles. The fourth-order valence-corrected chi connectivity index (χ4v) is 2.03. The first-order chi connectivity index (χ1) is 9.63.